The lowest BCUT2D eigenvalue weighted by Gasteiger charge is -2.26. The zero-order chi connectivity index (χ0) is 37.2. The van der Waals surface area contributed by atoms with Crippen LogP contribution in [0, 0.1) is 11.3 Å². The van der Waals surface area contributed by atoms with Crippen molar-refractivity contribution in [3.63, 3.8) is 0 Å². The monoisotopic (exact) mass is 729 g/mol. The maximum atomic E-state index is 9.95. The zero-order valence-corrected chi connectivity index (χ0v) is 31.0. The second-order valence-electron chi connectivity index (χ2n) is 14.2. The van der Waals surface area contributed by atoms with E-state index in [-0.39, 0.29) is 0 Å². The quantitative estimate of drug-likeness (QED) is 0.166. The Morgan fingerprint density at radius 1 is 0.464 bits per heavy atom. The molecule has 0 saturated heterocycles. The van der Waals surface area contributed by atoms with E-state index in [1.54, 1.807) is 0 Å². The number of hydrogen-bond donors (Lipinski definition) is 0. The van der Waals surface area contributed by atoms with Crippen molar-refractivity contribution in [2.75, 3.05) is 4.90 Å². The van der Waals surface area contributed by atoms with Crippen LogP contribution in [0.25, 0.3) is 85.5 Å². The highest BCUT2D eigenvalue weighted by Crippen LogP contribution is 2.47. The largest absolute Gasteiger partial charge is 0.294 e. The minimum absolute atomic E-state index is 0.655. The molecule has 2 heterocycles. The summed E-state index contributed by atoms with van der Waals surface area (Å²) in [4.78, 5) is 7.04. The number of anilines is 3. The molecule has 0 unspecified atom stereocenters. The van der Waals surface area contributed by atoms with Crippen LogP contribution in [-0.2, 0) is 0 Å². The zero-order valence-electron chi connectivity index (χ0n) is 30.1. The Bertz CT molecular complexity index is 3330. The summed E-state index contributed by atoms with van der Waals surface area (Å²) < 4.78 is 2.47. The molecular weight excluding hydrogens is 699 g/mol. The van der Waals surface area contributed by atoms with E-state index in [1.807, 2.05) is 66.1 Å². The van der Waals surface area contributed by atoms with Gasteiger partial charge in [-0.25, -0.2) is 4.98 Å². The summed E-state index contributed by atoms with van der Waals surface area (Å²) in [5, 5.41) is 21.8. The molecule has 0 atom stereocenters. The third-order valence-electron chi connectivity index (χ3n) is 11.1. The van der Waals surface area contributed by atoms with E-state index < -0.39 is 0 Å². The number of nitriles is 1. The first-order valence-electron chi connectivity index (χ1n) is 18.8. The van der Waals surface area contributed by atoms with Gasteiger partial charge in [-0.2, -0.15) is 5.26 Å². The van der Waals surface area contributed by atoms with Crippen LogP contribution in [0.4, 0.5) is 17.2 Å². The number of thiophene rings is 1. The highest BCUT2D eigenvalue weighted by atomic mass is 32.1. The minimum Gasteiger partial charge on any atom is -0.294 e. The Morgan fingerprint density at radius 2 is 1.07 bits per heavy atom. The van der Waals surface area contributed by atoms with Crippen LogP contribution in [-0.4, -0.2) is 4.98 Å². The van der Waals surface area contributed by atoms with Gasteiger partial charge in [-0.1, -0.05) is 127 Å². The molecule has 0 bridgehead atoms. The number of aromatic nitrogens is 1. The first-order valence-corrected chi connectivity index (χ1v) is 19.6. The predicted octanol–water partition coefficient (Wildman–Crippen LogP) is 14.7. The molecule has 56 heavy (non-hydrogen) atoms. The van der Waals surface area contributed by atoms with Crippen LogP contribution in [0.1, 0.15) is 5.56 Å². The van der Waals surface area contributed by atoms with Gasteiger partial charge in [-0.3, -0.25) is 4.90 Å². The maximum absolute atomic E-state index is 9.95. The molecule has 0 aliphatic heterocycles. The maximum Gasteiger partial charge on any atom is 0.137 e. The lowest BCUT2D eigenvalue weighted by atomic mass is 9.84. The average molecular weight is 730 g/mol. The third-order valence-corrected chi connectivity index (χ3v) is 12.3. The van der Waals surface area contributed by atoms with Gasteiger partial charge in [-0.15, -0.1) is 11.3 Å². The molecule has 260 valence electrons. The van der Waals surface area contributed by atoms with E-state index in [1.165, 1.54) is 74.7 Å². The molecule has 0 fully saturated rings. The normalized spacial score (nSPS) is 11.6. The Morgan fingerprint density at radius 3 is 1.79 bits per heavy atom. The van der Waals surface area contributed by atoms with Crippen molar-refractivity contribution in [1.29, 1.82) is 5.26 Å². The van der Waals surface area contributed by atoms with Crippen molar-refractivity contribution < 1.29 is 0 Å². The Labute approximate surface area is 327 Å². The molecule has 11 rings (SSSR count). The first kappa shape index (κ1) is 32.1. The van der Waals surface area contributed by atoms with Crippen molar-refractivity contribution in [3.8, 4) is 28.3 Å². The van der Waals surface area contributed by atoms with Gasteiger partial charge in [-0.05, 0) is 109 Å². The summed E-state index contributed by atoms with van der Waals surface area (Å²) in [6, 6.07) is 67.3. The van der Waals surface area contributed by atoms with Crippen molar-refractivity contribution in [1.82, 2.24) is 4.98 Å². The summed E-state index contributed by atoms with van der Waals surface area (Å²) in [5.74, 6) is 0.811. The standard InChI is InChI=1S/C52H31N3S/c53-32-35-23-26-47(39-16-4-3-15-38(35)39)55(50-22-9-10-29-54-50)36-25-28-49-46(31-36)45-30-34(24-27-48(45)56-49)51-41-17-5-7-19-43(41)52(44-20-8-6-18-42(44)51)40-21-11-13-33-12-1-2-14-37(33)40/h1-31H. The number of benzene rings is 9. The predicted molar refractivity (Wildman–Crippen MR) is 237 cm³/mol. The molecule has 9 aromatic carbocycles. The number of nitrogens with zero attached hydrogens (tertiary/aromatic N) is 3. The molecular formula is C52H31N3S. The number of pyridine rings is 1. The van der Waals surface area contributed by atoms with Gasteiger partial charge in [0.1, 0.15) is 5.82 Å². The van der Waals surface area contributed by atoms with Crippen molar-refractivity contribution in [2.45, 2.75) is 0 Å². The smallest absolute Gasteiger partial charge is 0.137 e. The van der Waals surface area contributed by atoms with E-state index in [0.717, 1.165) is 28.0 Å². The molecule has 11 aromatic rings. The number of hydrogen-bond acceptors (Lipinski definition) is 4. The van der Waals surface area contributed by atoms with Crippen LogP contribution in [0.3, 0.4) is 0 Å². The second kappa shape index (κ2) is 12.9. The van der Waals surface area contributed by atoms with Gasteiger partial charge in [0.2, 0.25) is 0 Å². The lowest BCUT2D eigenvalue weighted by Crippen LogP contribution is -2.12. The van der Waals surface area contributed by atoms with Crippen molar-refractivity contribution >= 4 is 91.8 Å². The second-order valence-corrected chi connectivity index (χ2v) is 15.3. The SMILES string of the molecule is N#Cc1ccc(N(c2ccc3sc4ccc(-c5c6ccccc6c(-c6cccc7ccccc67)c6ccccc56)cc4c3c2)c2ccccn2)c2ccccc12. The molecule has 0 spiro atoms. The van der Waals surface area contributed by atoms with Crippen LogP contribution in [0.15, 0.2) is 188 Å². The van der Waals surface area contributed by atoms with E-state index in [4.69, 9.17) is 4.98 Å². The topological polar surface area (TPSA) is 39.9 Å². The molecule has 0 radical (unpaired) electrons. The summed E-state index contributed by atoms with van der Waals surface area (Å²) in [7, 11) is 0. The molecule has 0 aliphatic carbocycles. The highest BCUT2D eigenvalue weighted by Gasteiger charge is 2.21. The van der Waals surface area contributed by atoms with Gasteiger partial charge in [0.15, 0.2) is 0 Å². The van der Waals surface area contributed by atoms with E-state index >= 15 is 0 Å². The molecule has 2 aromatic heterocycles. The fourth-order valence-corrected chi connectivity index (χ4v) is 9.76. The van der Waals surface area contributed by atoms with Gasteiger partial charge in [0, 0.05) is 42.8 Å². The average Bonchev–Trinajstić information content (AvgIpc) is 3.63. The fraction of sp³-hybridized carbons (Fsp3) is 0. The number of fused-ring (bicyclic) bond motifs is 7. The van der Waals surface area contributed by atoms with Crippen molar-refractivity contribution in [3.05, 3.63) is 194 Å². The molecule has 0 saturated carbocycles. The molecule has 3 nitrogen and oxygen atoms in total. The summed E-state index contributed by atoms with van der Waals surface area (Å²) in [6.07, 6.45) is 1.83. The van der Waals surface area contributed by atoms with Gasteiger partial charge in [0.25, 0.3) is 0 Å². The number of rotatable bonds is 5. The van der Waals surface area contributed by atoms with Gasteiger partial charge >= 0.3 is 0 Å². The molecule has 0 aliphatic rings. The Kier molecular flexibility index (Phi) is 7.41. The first-order chi connectivity index (χ1) is 27.7. The lowest BCUT2D eigenvalue weighted by molar-refractivity contribution is 1.19. The van der Waals surface area contributed by atoms with E-state index in [9.17, 15) is 5.26 Å². The van der Waals surface area contributed by atoms with E-state index in [0.29, 0.717) is 5.56 Å². The molecule has 0 N–H and O–H groups in total. The minimum atomic E-state index is 0.655. The Hall–Kier alpha value is -7.32. The van der Waals surface area contributed by atoms with Gasteiger partial charge in [0.05, 0.1) is 17.3 Å². The van der Waals surface area contributed by atoms with Crippen LogP contribution in [0.5, 0.6) is 0 Å². The molecule has 4 heteroatoms. The van der Waals surface area contributed by atoms with Crippen LogP contribution in [0.2, 0.25) is 0 Å². The highest BCUT2D eigenvalue weighted by molar-refractivity contribution is 7.25. The Balaban J connectivity index is 1.14. The molecule has 0 amide bonds. The van der Waals surface area contributed by atoms with Crippen LogP contribution >= 0.6 is 11.3 Å². The van der Waals surface area contributed by atoms with E-state index in [2.05, 4.69) is 144 Å². The summed E-state index contributed by atoms with van der Waals surface area (Å²) >= 11 is 1.82. The third kappa shape index (κ3) is 4.99. The fourth-order valence-electron chi connectivity index (χ4n) is 8.69. The van der Waals surface area contributed by atoms with Crippen molar-refractivity contribution in [2.24, 2.45) is 0 Å². The van der Waals surface area contributed by atoms with Gasteiger partial charge < -0.3 is 0 Å². The van der Waals surface area contributed by atoms with Crippen LogP contribution < -0.4 is 4.90 Å². The summed E-state index contributed by atoms with van der Waals surface area (Å²) in [5.41, 5.74) is 7.60. The summed E-state index contributed by atoms with van der Waals surface area (Å²) in [6.45, 7) is 0.